The zero-order valence-electron chi connectivity index (χ0n) is 20.5. The van der Waals surface area contributed by atoms with Gasteiger partial charge >= 0.3 is 0 Å². The second-order valence-corrected chi connectivity index (χ2v) is 11.6. The summed E-state index contributed by atoms with van der Waals surface area (Å²) in [7, 11) is -2.15. The molecule has 2 aliphatic rings. The van der Waals surface area contributed by atoms with Crippen molar-refractivity contribution >= 4 is 49.0 Å². The van der Waals surface area contributed by atoms with Crippen LogP contribution in [0.15, 0.2) is 64.2 Å². The lowest BCUT2D eigenvalue weighted by Gasteiger charge is -2.20. The van der Waals surface area contributed by atoms with Crippen molar-refractivity contribution in [3.8, 4) is 17.2 Å². The Labute approximate surface area is 219 Å². The molecule has 194 valence electrons. The molecule has 10 nitrogen and oxygen atoms in total. The molecule has 0 fully saturated rings. The molecule has 0 spiro atoms. The van der Waals surface area contributed by atoms with E-state index in [1.54, 1.807) is 32.0 Å². The van der Waals surface area contributed by atoms with E-state index < -0.39 is 15.7 Å². The summed E-state index contributed by atoms with van der Waals surface area (Å²) < 4.78 is 41.8. The summed E-state index contributed by atoms with van der Waals surface area (Å²) in [6.45, 7) is 4.21. The van der Waals surface area contributed by atoms with Crippen LogP contribution in [0.3, 0.4) is 0 Å². The fourth-order valence-corrected chi connectivity index (χ4v) is 6.29. The van der Waals surface area contributed by atoms with E-state index >= 15 is 0 Å². The van der Waals surface area contributed by atoms with Crippen LogP contribution in [0.25, 0.3) is 6.08 Å². The van der Waals surface area contributed by atoms with E-state index in [1.807, 2.05) is 30.3 Å². The number of aliphatic imine (C=N–C) groups is 1. The number of fused-ring (bicyclic) bond motifs is 1. The second kappa shape index (κ2) is 11.2. The smallest absolute Gasteiger partial charge is 0.283 e. The summed E-state index contributed by atoms with van der Waals surface area (Å²) in [5.41, 5.74) is 0.544. The van der Waals surface area contributed by atoms with Gasteiger partial charge < -0.3 is 14.2 Å². The number of para-hydroxylation sites is 1. The van der Waals surface area contributed by atoms with Crippen molar-refractivity contribution in [2.45, 2.75) is 13.8 Å². The van der Waals surface area contributed by atoms with Crippen LogP contribution in [0.4, 0.5) is 0 Å². The average molecular weight is 543 g/mol. The van der Waals surface area contributed by atoms with E-state index in [0.717, 1.165) is 22.5 Å². The number of amidine groups is 2. The molecule has 0 saturated heterocycles. The van der Waals surface area contributed by atoms with Crippen LogP contribution < -0.4 is 14.2 Å². The summed E-state index contributed by atoms with van der Waals surface area (Å²) in [5, 5.41) is 13.7. The zero-order valence-corrected chi connectivity index (χ0v) is 22.1. The van der Waals surface area contributed by atoms with E-state index in [2.05, 4.69) is 10.1 Å². The first-order valence-corrected chi connectivity index (χ1v) is 13.9. The molecule has 0 bridgehead atoms. The Balaban J connectivity index is 1.48. The second-order valence-electron chi connectivity index (χ2n) is 8.48. The number of nitrogens with zero attached hydrogens (tertiary/aromatic N) is 3. The Morgan fingerprint density at radius 2 is 1.81 bits per heavy atom. The molecule has 0 atom stereocenters. The number of benzene rings is 2. The molecule has 0 saturated carbocycles. The molecule has 1 N–H and O–H groups in total. The third-order valence-electron chi connectivity index (χ3n) is 5.11. The van der Waals surface area contributed by atoms with Crippen molar-refractivity contribution in [2.24, 2.45) is 16.0 Å². The molecular weight excluding hydrogens is 516 g/mol. The van der Waals surface area contributed by atoms with Crippen molar-refractivity contribution in [3.05, 3.63) is 59.7 Å². The number of sulfone groups is 1. The molecule has 1 amide bonds. The van der Waals surface area contributed by atoms with Crippen LogP contribution in [-0.2, 0) is 14.6 Å². The summed E-state index contributed by atoms with van der Waals surface area (Å²) in [4.78, 5) is 16.7. The van der Waals surface area contributed by atoms with Gasteiger partial charge in [-0.3, -0.25) is 10.2 Å². The molecular formula is C25H26N4O6S2. The predicted molar refractivity (Wildman–Crippen MR) is 144 cm³/mol. The lowest BCUT2D eigenvalue weighted by molar-refractivity contribution is -0.114. The zero-order chi connectivity index (χ0) is 26.6. The van der Waals surface area contributed by atoms with Gasteiger partial charge in [-0.2, -0.15) is 10.0 Å². The minimum Gasteiger partial charge on any atom is -0.493 e. The molecule has 2 aromatic rings. The number of hydrogen-bond donors (Lipinski definition) is 1. The normalized spacial score (nSPS) is 16.5. The number of amides is 1. The Morgan fingerprint density at radius 1 is 1.08 bits per heavy atom. The number of carbonyl (C=O) groups is 1. The Morgan fingerprint density at radius 3 is 2.51 bits per heavy atom. The maximum Gasteiger partial charge on any atom is 0.283 e. The van der Waals surface area contributed by atoms with E-state index in [9.17, 15) is 13.2 Å². The fraction of sp³-hybridized carbons (Fsp3) is 0.280. The highest BCUT2D eigenvalue weighted by Crippen LogP contribution is 2.33. The topological polar surface area (TPSA) is 131 Å². The van der Waals surface area contributed by atoms with E-state index in [-0.39, 0.29) is 32.6 Å². The lowest BCUT2D eigenvalue weighted by Crippen LogP contribution is -2.35. The monoisotopic (exact) mass is 542 g/mol. The van der Waals surface area contributed by atoms with Gasteiger partial charge in [0.15, 0.2) is 17.3 Å². The van der Waals surface area contributed by atoms with Crippen LogP contribution in [0.2, 0.25) is 0 Å². The van der Waals surface area contributed by atoms with Crippen molar-refractivity contribution < 1.29 is 27.4 Å². The molecule has 4 rings (SSSR count). The maximum absolute atomic E-state index is 12.7. The molecule has 0 aromatic heterocycles. The molecule has 0 radical (unpaired) electrons. The Bertz CT molecular complexity index is 1400. The van der Waals surface area contributed by atoms with Crippen LogP contribution in [0.5, 0.6) is 17.2 Å². The minimum atomic E-state index is -3.65. The van der Waals surface area contributed by atoms with Crippen molar-refractivity contribution in [1.29, 1.82) is 5.41 Å². The van der Waals surface area contributed by atoms with Crippen LogP contribution in [-0.4, -0.2) is 60.8 Å². The minimum absolute atomic E-state index is 0.0254. The molecule has 37 heavy (non-hydrogen) atoms. The first-order chi connectivity index (χ1) is 17.7. The standard InChI is InChI=1S/C25H26N4O6S2/c1-16(2)15-37(31,32)25-28-29-22(26)19(23(30)27-24(29)36-25)13-17-9-10-20(21(14-17)33-3)35-12-11-34-18-7-5-4-6-8-18/h4-10,13-14,16,26H,11-12,15H2,1-3H3/b19-13+,26-22?. The van der Waals surface area contributed by atoms with Gasteiger partial charge in [0.2, 0.25) is 19.4 Å². The first-order valence-electron chi connectivity index (χ1n) is 11.4. The Hall–Kier alpha value is -3.64. The number of methoxy groups -OCH3 is 1. The van der Waals surface area contributed by atoms with Gasteiger partial charge in [0.05, 0.1) is 18.4 Å². The average Bonchev–Trinajstić information content (AvgIpc) is 3.30. The molecule has 2 aromatic carbocycles. The number of nitrogens with one attached hydrogen (secondary N) is 1. The van der Waals surface area contributed by atoms with E-state index in [0.29, 0.717) is 30.3 Å². The van der Waals surface area contributed by atoms with Gasteiger partial charge in [0.1, 0.15) is 19.0 Å². The summed E-state index contributed by atoms with van der Waals surface area (Å²) in [6, 6.07) is 14.5. The molecule has 0 aliphatic carbocycles. The third-order valence-corrected chi connectivity index (χ3v) is 8.54. The van der Waals surface area contributed by atoms with Gasteiger partial charge in [0.25, 0.3) is 5.91 Å². The number of ether oxygens (including phenoxy) is 3. The van der Waals surface area contributed by atoms with Crippen molar-refractivity contribution in [3.63, 3.8) is 0 Å². The highest BCUT2D eigenvalue weighted by molar-refractivity contribution is 8.42. The van der Waals surface area contributed by atoms with E-state index in [4.69, 9.17) is 19.6 Å². The summed E-state index contributed by atoms with van der Waals surface area (Å²) in [6.07, 6.45) is 1.48. The van der Waals surface area contributed by atoms with Gasteiger partial charge in [-0.25, -0.2) is 8.42 Å². The molecule has 0 unspecified atom stereocenters. The quantitative estimate of drug-likeness (QED) is 0.374. The van der Waals surface area contributed by atoms with Gasteiger partial charge in [0, 0.05) is 0 Å². The van der Waals surface area contributed by atoms with Crippen molar-refractivity contribution in [2.75, 3.05) is 26.1 Å². The Kier molecular flexibility index (Phi) is 7.98. The van der Waals surface area contributed by atoms with Crippen molar-refractivity contribution in [1.82, 2.24) is 5.01 Å². The molecule has 12 heteroatoms. The predicted octanol–water partition coefficient (Wildman–Crippen LogP) is 3.80. The highest BCUT2D eigenvalue weighted by atomic mass is 32.3. The van der Waals surface area contributed by atoms with Crippen LogP contribution >= 0.6 is 11.8 Å². The molecule has 2 heterocycles. The fourth-order valence-electron chi connectivity index (χ4n) is 3.50. The number of carbonyl (C=O) groups excluding carboxylic acids is 1. The lowest BCUT2D eigenvalue weighted by atomic mass is 10.1. The molecule has 2 aliphatic heterocycles. The summed E-state index contributed by atoms with van der Waals surface area (Å²) in [5.74, 6) is 0.584. The number of hydrogen-bond acceptors (Lipinski definition) is 9. The van der Waals surface area contributed by atoms with Crippen LogP contribution in [0.1, 0.15) is 19.4 Å². The highest BCUT2D eigenvalue weighted by Gasteiger charge is 2.39. The number of thioether (sulfide) groups is 1. The van der Waals surface area contributed by atoms with Crippen LogP contribution in [0, 0.1) is 11.3 Å². The third kappa shape index (κ3) is 6.20. The van der Waals surface area contributed by atoms with Gasteiger partial charge in [-0.15, -0.1) is 5.10 Å². The summed E-state index contributed by atoms with van der Waals surface area (Å²) >= 11 is 0.778. The first kappa shape index (κ1) is 26.4. The number of hydrazone groups is 1. The largest absolute Gasteiger partial charge is 0.493 e. The van der Waals surface area contributed by atoms with Gasteiger partial charge in [-0.05, 0) is 53.6 Å². The maximum atomic E-state index is 12.7. The van der Waals surface area contributed by atoms with E-state index in [1.165, 1.54) is 13.2 Å². The SMILES string of the molecule is COc1cc(/C=C2\C(=N)N3N=C(S(=O)(=O)CC(C)C)SC3=NC2=O)ccc1OCCOc1ccccc1. The number of rotatable bonds is 9. The van der Waals surface area contributed by atoms with Gasteiger partial charge in [-0.1, -0.05) is 38.1 Å².